The summed E-state index contributed by atoms with van der Waals surface area (Å²) in [5.74, 6) is 1.50. The molecular weight excluding hydrogens is 322 g/mol. The third-order valence-electron chi connectivity index (χ3n) is 4.17. The highest BCUT2D eigenvalue weighted by atomic mass is 32.2. The van der Waals surface area contributed by atoms with Gasteiger partial charge in [0.15, 0.2) is 11.5 Å². The summed E-state index contributed by atoms with van der Waals surface area (Å²) >= 11 is 1.54. The van der Waals surface area contributed by atoms with E-state index < -0.39 is 0 Å². The molecule has 1 aliphatic heterocycles. The Bertz CT molecular complexity index is 747. The topological polar surface area (TPSA) is 38.8 Å². The molecule has 0 radical (unpaired) electrons. The molecule has 24 heavy (non-hydrogen) atoms. The van der Waals surface area contributed by atoms with E-state index >= 15 is 0 Å². The number of nitrogens with zero attached hydrogens (tertiary/aromatic N) is 1. The third-order valence-corrected chi connectivity index (χ3v) is 5.25. The van der Waals surface area contributed by atoms with Crippen molar-refractivity contribution in [2.24, 2.45) is 0 Å². The van der Waals surface area contributed by atoms with Crippen LogP contribution < -0.4 is 14.4 Å². The van der Waals surface area contributed by atoms with Crippen LogP contribution >= 0.6 is 11.8 Å². The van der Waals surface area contributed by atoms with Crippen LogP contribution in [0.4, 0.5) is 5.69 Å². The fraction of sp³-hybridized carbons (Fsp3) is 0.316. The molecule has 1 aliphatic rings. The van der Waals surface area contributed by atoms with E-state index in [0.29, 0.717) is 11.5 Å². The summed E-state index contributed by atoms with van der Waals surface area (Å²) in [6, 6.07) is 13.8. The van der Waals surface area contributed by atoms with Crippen LogP contribution in [-0.4, -0.2) is 31.9 Å². The number of ether oxygens (including phenoxy) is 2. The first-order valence-corrected chi connectivity index (χ1v) is 8.80. The Morgan fingerprint density at radius 1 is 1.12 bits per heavy atom. The van der Waals surface area contributed by atoms with Gasteiger partial charge in [-0.2, -0.15) is 0 Å². The summed E-state index contributed by atoms with van der Waals surface area (Å²) < 4.78 is 10.6. The Hall–Kier alpha value is -2.14. The Morgan fingerprint density at radius 2 is 1.88 bits per heavy atom. The van der Waals surface area contributed by atoms with Crippen molar-refractivity contribution >= 4 is 23.4 Å². The van der Waals surface area contributed by atoms with Gasteiger partial charge in [0.05, 0.1) is 19.5 Å². The number of thioether (sulfide) groups is 1. The van der Waals surface area contributed by atoms with E-state index in [1.807, 2.05) is 48.2 Å². The predicted molar refractivity (Wildman–Crippen MR) is 97.4 cm³/mol. The summed E-state index contributed by atoms with van der Waals surface area (Å²) in [4.78, 5) is 15.7. The molecule has 0 aromatic heterocycles. The quantitative estimate of drug-likeness (QED) is 0.775. The highest BCUT2D eigenvalue weighted by Crippen LogP contribution is 2.35. The van der Waals surface area contributed by atoms with Crippen molar-refractivity contribution in [3.63, 3.8) is 0 Å². The maximum atomic E-state index is 12.8. The minimum atomic E-state index is -0.172. The van der Waals surface area contributed by atoms with Gasteiger partial charge in [-0.15, -0.1) is 11.8 Å². The van der Waals surface area contributed by atoms with E-state index in [4.69, 9.17) is 9.47 Å². The molecule has 3 rings (SSSR count). The normalized spacial score (nSPS) is 14.2. The van der Waals surface area contributed by atoms with E-state index in [1.165, 1.54) is 17.3 Å². The second kappa shape index (κ2) is 7.18. The minimum Gasteiger partial charge on any atom is -0.493 e. The smallest absolute Gasteiger partial charge is 0.240 e. The van der Waals surface area contributed by atoms with Gasteiger partial charge in [0.25, 0.3) is 0 Å². The number of hydrogen-bond acceptors (Lipinski definition) is 4. The van der Waals surface area contributed by atoms with Gasteiger partial charge in [0.1, 0.15) is 0 Å². The molecule has 5 heteroatoms. The van der Waals surface area contributed by atoms with Gasteiger partial charge in [0.2, 0.25) is 5.91 Å². The van der Waals surface area contributed by atoms with Crippen molar-refractivity contribution in [3.8, 4) is 11.5 Å². The van der Waals surface area contributed by atoms with E-state index in [0.717, 1.165) is 23.5 Å². The molecule has 0 fully saturated rings. The number of amides is 1. The SMILES string of the molecule is COc1ccc(SC(C)C(=O)N2CCc3ccccc32)cc1OC. The van der Waals surface area contributed by atoms with Crippen molar-refractivity contribution in [1.82, 2.24) is 0 Å². The fourth-order valence-corrected chi connectivity index (χ4v) is 3.89. The first kappa shape index (κ1) is 16.7. The molecule has 0 bridgehead atoms. The van der Waals surface area contributed by atoms with Crippen LogP contribution in [0, 0.1) is 0 Å². The van der Waals surface area contributed by atoms with Crippen LogP contribution in [0.5, 0.6) is 11.5 Å². The number of carbonyl (C=O) groups is 1. The molecule has 1 atom stereocenters. The van der Waals surface area contributed by atoms with Crippen LogP contribution in [0.2, 0.25) is 0 Å². The highest BCUT2D eigenvalue weighted by molar-refractivity contribution is 8.00. The van der Waals surface area contributed by atoms with Gasteiger partial charge >= 0.3 is 0 Å². The number of rotatable bonds is 5. The lowest BCUT2D eigenvalue weighted by molar-refractivity contribution is -0.117. The van der Waals surface area contributed by atoms with Gasteiger partial charge in [-0.05, 0) is 43.2 Å². The zero-order valence-electron chi connectivity index (χ0n) is 14.1. The molecular formula is C19H21NO3S. The maximum absolute atomic E-state index is 12.8. The molecule has 0 aliphatic carbocycles. The number of fused-ring (bicyclic) bond motifs is 1. The lowest BCUT2D eigenvalue weighted by Gasteiger charge is -2.21. The van der Waals surface area contributed by atoms with Crippen LogP contribution in [0.15, 0.2) is 47.4 Å². The summed E-state index contributed by atoms with van der Waals surface area (Å²) in [6.07, 6.45) is 0.926. The van der Waals surface area contributed by atoms with Crippen molar-refractivity contribution in [1.29, 1.82) is 0 Å². The molecule has 2 aromatic rings. The first-order chi connectivity index (χ1) is 11.6. The molecule has 0 N–H and O–H groups in total. The Morgan fingerprint density at radius 3 is 2.62 bits per heavy atom. The number of hydrogen-bond donors (Lipinski definition) is 0. The summed E-state index contributed by atoms with van der Waals surface area (Å²) in [6.45, 7) is 2.71. The maximum Gasteiger partial charge on any atom is 0.240 e. The van der Waals surface area contributed by atoms with Gasteiger partial charge in [-0.1, -0.05) is 18.2 Å². The molecule has 0 spiro atoms. The Kier molecular flexibility index (Phi) is 5.00. The minimum absolute atomic E-state index is 0.139. The summed E-state index contributed by atoms with van der Waals surface area (Å²) in [5.41, 5.74) is 2.29. The Balaban J connectivity index is 1.73. The standard InChI is InChI=1S/C19H21NO3S/c1-13(24-15-8-9-17(22-2)18(12-15)23-3)19(21)20-11-10-14-6-4-5-7-16(14)20/h4-9,12-13H,10-11H2,1-3H3. The molecule has 2 aromatic carbocycles. The molecule has 1 amide bonds. The average Bonchev–Trinajstić information content (AvgIpc) is 3.04. The van der Waals surface area contributed by atoms with Crippen LogP contribution in [-0.2, 0) is 11.2 Å². The Labute approximate surface area is 146 Å². The van der Waals surface area contributed by atoms with Crippen molar-refractivity contribution in [2.45, 2.75) is 23.5 Å². The number of para-hydroxylation sites is 1. The third kappa shape index (κ3) is 3.22. The van der Waals surface area contributed by atoms with E-state index in [2.05, 4.69) is 6.07 Å². The molecule has 0 saturated carbocycles. The predicted octanol–water partition coefficient (Wildman–Crippen LogP) is 3.77. The first-order valence-electron chi connectivity index (χ1n) is 7.92. The van der Waals surface area contributed by atoms with Crippen molar-refractivity contribution in [2.75, 3.05) is 25.7 Å². The molecule has 1 unspecified atom stereocenters. The lowest BCUT2D eigenvalue weighted by atomic mass is 10.2. The summed E-state index contributed by atoms with van der Waals surface area (Å²) in [5, 5.41) is -0.172. The molecule has 1 heterocycles. The second-order valence-corrected chi connectivity index (χ2v) is 7.06. The monoisotopic (exact) mass is 343 g/mol. The second-order valence-electron chi connectivity index (χ2n) is 5.65. The van der Waals surface area contributed by atoms with E-state index in [1.54, 1.807) is 14.2 Å². The molecule has 4 nitrogen and oxygen atoms in total. The van der Waals surface area contributed by atoms with Crippen molar-refractivity contribution < 1.29 is 14.3 Å². The van der Waals surface area contributed by atoms with Crippen LogP contribution in [0.3, 0.4) is 0 Å². The number of benzene rings is 2. The number of methoxy groups -OCH3 is 2. The van der Waals surface area contributed by atoms with Gasteiger partial charge in [0, 0.05) is 17.1 Å². The highest BCUT2D eigenvalue weighted by Gasteiger charge is 2.28. The average molecular weight is 343 g/mol. The lowest BCUT2D eigenvalue weighted by Crippen LogP contribution is -2.35. The number of anilines is 1. The van der Waals surface area contributed by atoms with Gasteiger partial charge in [-0.3, -0.25) is 4.79 Å². The fourth-order valence-electron chi connectivity index (χ4n) is 2.93. The van der Waals surface area contributed by atoms with Crippen LogP contribution in [0.25, 0.3) is 0 Å². The largest absolute Gasteiger partial charge is 0.493 e. The van der Waals surface area contributed by atoms with Gasteiger partial charge in [-0.25, -0.2) is 0 Å². The zero-order chi connectivity index (χ0) is 17.1. The van der Waals surface area contributed by atoms with Gasteiger partial charge < -0.3 is 14.4 Å². The summed E-state index contributed by atoms with van der Waals surface area (Å²) in [7, 11) is 3.23. The van der Waals surface area contributed by atoms with Crippen LogP contribution in [0.1, 0.15) is 12.5 Å². The van der Waals surface area contributed by atoms with E-state index in [9.17, 15) is 4.79 Å². The van der Waals surface area contributed by atoms with E-state index in [-0.39, 0.29) is 11.2 Å². The number of carbonyl (C=O) groups excluding carboxylic acids is 1. The zero-order valence-corrected chi connectivity index (χ0v) is 14.9. The molecule has 126 valence electrons. The molecule has 0 saturated heterocycles. The van der Waals surface area contributed by atoms with Crippen molar-refractivity contribution in [3.05, 3.63) is 48.0 Å².